The number of likely N-dealkylation sites (tertiary alicyclic amines) is 1. The average Bonchev–Trinajstić information content (AvgIpc) is 2.55. The minimum Gasteiger partial charge on any atom is -0.281 e. The predicted molar refractivity (Wildman–Crippen MR) is 60.2 cm³/mol. The van der Waals surface area contributed by atoms with Gasteiger partial charge in [0, 0.05) is 13.0 Å². The highest BCUT2D eigenvalue weighted by Gasteiger charge is 2.47. The van der Waals surface area contributed by atoms with Crippen LogP contribution < -0.4 is 0 Å². The van der Waals surface area contributed by atoms with E-state index in [1.165, 1.54) is 4.90 Å². The van der Waals surface area contributed by atoms with Gasteiger partial charge < -0.3 is 0 Å². The molecule has 1 saturated carbocycles. The van der Waals surface area contributed by atoms with Gasteiger partial charge in [0.25, 0.3) is 0 Å². The molecule has 0 N–H and O–H groups in total. The van der Waals surface area contributed by atoms with E-state index in [0.717, 1.165) is 25.7 Å². The van der Waals surface area contributed by atoms with E-state index >= 15 is 0 Å². The predicted octanol–water partition coefficient (Wildman–Crippen LogP) is 1.57. The van der Waals surface area contributed by atoms with Crippen molar-refractivity contribution in [3.63, 3.8) is 0 Å². The molecule has 3 nitrogen and oxygen atoms in total. The molecule has 1 saturated heterocycles. The first-order valence-corrected chi connectivity index (χ1v) is 6.00. The minimum atomic E-state index is -0.0177. The maximum Gasteiger partial charge on any atom is 0.233 e. The van der Waals surface area contributed by atoms with Gasteiger partial charge in [-0.1, -0.05) is 12.8 Å². The SMILES string of the molecule is CC#CCCN1C(=O)C2CCCCC2C1=O. The van der Waals surface area contributed by atoms with Crippen LogP contribution in [0, 0.1) is 23.7 Å². The molecular weight excluding hydrogens is 202 g/mol. The molecule has 0 radical (unpaired) electrons. The topological polar surface area (TPSA) is 37.4 Å². The molecule has 2 atom stereocenters. The zero-order valence-corrected chi connectivity index (χ0v) is 9.66. The molecule has 1 heterocycles. The number of rotatable bonds is 2. The van der Waals surface area contributed by atoms with Crippen molar-refractivity contribution in [3.05, 3.63) is 0 Å². The Balaban J connectivity index is 2.05. The van der Waals surface area contributed by atoms with E-state index in [1.54, 1.807) is 6.92 Å². The third-order valence-electron chi connectivity index (χ3n) is 3.57. The summed E-state index contributed by atoms with van der Waals surface area (Å²) in [5, 5.41) is 0. The number of amides is 2. The maximum atomic E-state index is 12.0. The summed E-state index contributed by atoms with van der Waals surface area (Å²) in [5.74, 6) is 5.75. The standard InChI is InChI=1S/C13H17NO2/c1-2-3-6-9-14-12(15)10-7-4-5-8-11(10)13(14)16/h10-11H,4-9H2,1H3. The monoisotopic (exact) mass is 219 g/mol. The number of fused-ring (bicyclic) bond motifs is 1. The molecule has 2 fully saturated rings. The summed E-state index contributed by atoms with van der Waals surface area (Å²) in [5.41, 5.74) is 0. The first-order valence-electron chi connectivity index (χ1n) is 6.00. The Hall–Kier alpha value is -1.30. The van der Waals surface area contributed by atoms with Crippen molar-refractivity contribution in [3.8, 4) is 11.8 Å². The highest BCUT2D eigenvalue weighted by molar-refractivity contribution is 6.05. The molecule has 0 aromatic carbocycles. The van der Waals surface area contributed by atoms with Gasteiger partial charge >= 0.3 is 0 Å². The second-order valence-electron chi connectivity index (χ2n) is 4.50. The van der Waals surface area contributed by atoms with Crippen LogP contribution >= 0.6 is 0 Å². The van der Waals surface area contributed by atoms with Gasteiger partial charge in [0.2, 0.25) is 11.8 Å². The van der Waals surface area contributed by atoms with Crippen molar-refractivity contribution in [1.82, 2.24) is 4.90 Å². The maximum absolute atomic E-state index is 12.0. The van der Waals surface area contributed by atoms with Gasteiger partial charge in [0.1, 0.15) is 0 Å². The summed E-state index contributed by atoms with van der Waals surface area (Å²) in [4.78, 5) is 25.4. The molecule has 86 valence electrons. The fourth-order valence-corrected chi connectivity index (χ4v) is 2.74. The molecular formula is C13H17NO2. The normalized spacial score (nSPS) is 28.7. The molecule has 1 aliphatic carbocycles. The Morgan fingerprint density at radius 2 is 1.75 bits per heavy atom. The summed E-state index contributed by atoms with van der Waals surface area (Å²) in [7, 11) is 0. The van der Waals surface area contributed by atoms with Crippen LogP contribution in [0.1, 0.15) is 39.0 Å². The Bertz CT molecular complexity index is 340. The molecule has 2 unspecified atom stereocenters. The van der Waals surface area contributed by atoms with Gasteiger partial charge in [0.15, 0.2) is 0 Å². The first-order chi connectivity index (χ1) is 7.75. The van der Waals surface area contributed by atoms with E-state index in [1.807, 2.05) is 0 Å². The first kappa shape index (κ1) is 11.2. The van der Waals surface area contributed by atoms with Crippen molar-refractivity contribution in [1.29, 1.82) is 0 Å². The fourth-order valence-electron chi connectivity index (χ4n) is 2.74. The summed E-state index contributed by atoms with van der Waals surface area (Å²) in [6.07, 6.45) is 4.56. The minimum absolute atomic E-state index is 0.0177. The highest BCUT2D eigenvalue weighted by Crippen LogP contribution is 2.37. The van der Waals surface area contributed by atoms with Gasteiger partial charge in [-0.15, -0.1) is 11.8 Å². The highest BCUT2D eigenvalue weighted by atomic mass is 16.2. The summed E-state index contributed by atoms with van der Waals surface area (Å²) < 4.78 is 0. The molecule has 2 rings (SSSR count). The largest absolute Gasteiger partial charge is 0.281 e. The number of nitrogens with zero attached hydrogens (tertiary/aromatic N) is 1. The molecule has 16 heavy (non-hydrogen) atoms. The zero-order chi connectivity index (χ0) is 11.5. The van der Waals surface area contributed by atoms with Crippen LogP contribution in [0.5, 0.6) is 0 Å². The molecule has 0 aromatic heterocycles. The number of imide groups is 1. The molecule has 2 aliphatic rings. The average molecular weight is 219 g/mol. The van der Waals surface area contributed by atoms with Crippen LogP contribution in [0.25, 0.3) is 0 Å². The van der Waals surface area contributed by atoms with Crippen molar-refractivity contribution in [2.45, 2.75) is 39.0 Å². The van der Waals surface area contributed by atoms with E-state index in [-0.39, 0.29) is 23.7 Å². The molecule has 2 amide bonds. The van der Waals surface area contributed by atoms with Crippen molar-refractivity contribution < 1.29 is 9.59 Å². The van der Waals surface area contributed by atoms with Gasteiger partial charge in [-0.2, -0.15) is 0 Å². The van der Waals surface area contributed by atoms with Crippen LogP contribution in [0.15, 0.2) is 0 Å². The van der Waals surface area contributed by atoms with E-state index < -0.39 is 0 Å². The van der Waals surface area contributed by atoms with Crippen LogP contribution in [-0.2, 0) is 9.59 Å². The molecule has 0 bridgehead atoms. The lowest BCUT2D eigenvalue weighted by Crippen LogP contribution is -2.31. The summed E-state index contributed by atoms with van der Waals surface area (Å²) >= 11 is 0. The number of hydrogen-bond acceptors (Lipinski definition) is 2. The third-order valence-corrected chi connectivity index (χ3v) is 3.57. The zero-order valence-electron chi connectivity index (χ0n) is 9.66. The van der Waals surface area contributed by atoms with Crippen LogP contribution in [0.2, 0.25) is 0 Å². The van der Waals surface area contributed by atoms with E-state index in [9.17, 15) is 9.59 Å². The fraction of sp³-hybridized carbons (Fsp3) is 0.692. The van der Waals surface area contributed by atoms with E-state index in [2.05, 4.69) is 11.8 Å². The van der Waals surface area contributed by atoms with E-state index in [4.69, 9.17) is 0 Å². The van der Waals surface area contributed by atoms with E-state index in [0.29, 0.717) is 13.0 Å². The van der Waals surface area contributed by atoms with Crippen molar-refractivity contribution in [2.24, 2.45) is 11.8 Å². The molecule has 3 heteroatoms. The van der Waals surface area contributed by atoms with Crippen molar-refractivity contribution in [2.75, 3.05) is 6.54 Å². The lowest BCUT2D eigenvalue weighted by molar-refractivity contribution is -0.139. The molecule has 0 spiro atoms. The molecule has 0 aromatic rings. The van der Waals surface area contributed by atoms with Gasteiger partial charge in [-0.25, -0.2) is 0 Å². The Labute approximate surface area is 96.2 Å². The lowest BCUT2D eigenvalue weighted by Gasteiger charge is -2.19. The van der Waals surface area contributed by atoms with Crippen LogP contribution in [0.4, 0.5) is 0 Å². The molecule has 1 aliphatic heterocycles. The Morgan fingerprint density at radius 3 is 2.25 bits per heavy atom. The van der Waals surface area contributed by atoms with Gasteiger partial charge in [-0.05, 0) is 19.8 Å². The second-order valence-corrected chi connectivity index (χ2v) is 4.50. The van der Waals surface area contributed by atoms with Gasteiger partial charge in [0.05, 0.1) is 11.8 Å². The quantitative estimate of drug-likeness (QED) is 0.522. The second kappa shape index (κ2) is 4.69. The number of carbonyl (C=O) groups is 2. The van der Waals surface area contributed by atoms with Crippen LogP contribution in [-0.4, -0.2) is 23.3 Å². The summed E-state index contributed by atoms with van der Waals surface area (Å²) in [6.45, 7) is 2.25. The third kappa shape index (κ3) is 1.84. The Morgan fingerprint density at radius 1 is 1.19 bits per heavy atom. The smallest absolute Gasteiger partial charge is 0.233 e. The number of carbonyl (C=O) groups excluding carboxylic acids is 2. The van der Waals surface area contributed by atoms with Crippen molar-refractivity contribution >= 4 is 11.8 Å². The van der Waals surface area contributed by atoms with Gasteiger partial charge in [-0.3, -0.25) is 14.5 Å². The lowest BCUT2D eigenvalue weighted by atomic mass is 9.81. The van der Waals surface area contributed by atoms with Crippen LogP contribution in [0.3, 0.4) is 0 Å². The summed E-state index contributed by atoms with van der Waals surface area (Å²) in [6, 6.07) is 0. The number of hydrogen-bond donors (Lipinski definition) is 0. The Kier molecular flexibility index (Phi) is 3.28.